The second-order valence-corrected chi connectivity index (χ2v) is 9.73. The monoisotopic (exact) mass is 382 g/mol. The first-order valence-electron chi connectivity index (χ1n) is 10.6. The third-order valence-corrected chi connectivity index (χ3v) is 8.49. The molecule has 1 saturated carbocycles. The minimum Gasteiger partial charge on any atom is -0.344 e. The summed E-state index contributed by atoms with van der Waals surface area (Å²) in [6.45, 7) is 8.37. The van der Waals surface area contributed by atoms with Gasteiger partial charge in [-0.3, -0.25) is 0 Å². The molecule has 2 nitrogen and oxygen atoms in total. The van der Waals surface area contributed by atoms with Gasteiger partial charge in [0, 0.05) is 4.75 Å². The minimum absolute atomic E-state index is 0. The normalized spacial score (nSPS) is 27.5. The molecular formula is C23H46N2S. The Balaban J connectivity index is 0.00000312. The molecule has 154 valence electrons. The summed E-state index contributed by atoms with van der Waals surface area (Å²) in [5.74, 6) is 1.35. The topological polar surface area (TPSA) is 70.0 Å². The van der Waals surface area contributed by atoms with E-state index in [4.69, 9.17) is 0 Å². The van der Waals surface area contributed by atoms with E-state index in [1.807, 2.05) is 0 Å². The van der Waals surface area contributed by atoms with Crippen LogP contribution in [0.15, 0.2) is 25.3 Å². The van der Waals surface area contributed by atoms with Crippen molar-refractivity contribution in [2.45, 2.75) is 107 Å². The van der Waals surface area contributed by atoms with Crippen LogP contribution in [0.5, 0.6) is 0 Å². The quantitative estimate of drug-likeness (QED) is 0.469. The zero-order valence-electron chi connectivity index (χ0n) is 17.4. The molecule has 1 aliphatic carbocycles. The first kappa shape index (κ1) is 25.8. The third kappa shape index (κ3) is 6.73. The highest BCUT2D eigenvalue weighted by molar-refractivity contribution is 8.00. The molecule has 3 heteroatoms. The Morgan fingerprint density at radius 2 is 1.08 bits per heavy atom. The van der Waals surface area contributed by atoms with Gasteiger partial charge in [-0.05, 0) is 49.7 Å². The summed E-state index contributed by atoms with van der Waals surface area (Å²) in [7, 11) is 0. The van der Waals surface area contributed by atoms with Crippen molar-refractivity contribution in [1.29, 1.82) is 0 Å². The van der Waals surface area contributed by atoms with E-state index < -0.39 is 0 Å². The molecule has 26 heavy (non-hydrogen) atoms. The SMILES string of the molecule is C=CCC1(C2(CC=C)CCCCCCCS2)CCCCCCCC1.N.N. The second kappa shape index (κ2) is 13.8. The fourth-order valence-electron chi connectivity index (χ4n) is 5.29. The zero-order valence-corrected chi connectivity index (χ0v) is 18.2. The molecule has 2 aliphatic rings. The lowest BCUT2D eigenvalue weighted by molar-refractivity contribution is 0.143. The standard InChI is InChI=1S/C23H40S.2H3N/c1-3-16-22(18-12-8-5-6-9-13-19-22)23(17-4-2)20-14-10-7-11-15-21-24-23;;/h3-4H,1-2,5-21H2;2*1H3. The van der Waals surface area contributed by atoms with E-state index in [0.717, 1.165) is 0 Å². The van der Waals surface area contributed by atoms with Gasteiger partial charge in [0.2, 0.25) is 0 Å². The average molecular weight is 383 g/mol. The predicted molar refractivity (Wildman–Crippen MR) is 122 cm³/mol. The smallest absolute Gasteiger partial charge is 0.0253 e. The fourth-order valence-corrected chi connectivity index (χ4v) is 7.15. The molecule has 0 aromatic rings. The molecule has 1 aliphatic heterocycles. The van der Waals surface area contributed by atoms with Crippen molar-refractivity contribution in [2.24, 2.45) is 5.41 Å². The lowest BCUT2D eigenvalue weighted by Gasteiger charge is -2.51. The predicted octanol–water partition coefficient (Wildman–Crippen LogP) is 8.41. The van der Waals surface area contributed by atoms with E-state index in [1.165, 1.54) is 108 Å². The Kier molecular flexibility index (Phi) is 13.7. The van der Waals surface area contributed by atoms with Crippen molar-refractivity contribution in [3.05, 3.63) is 25.3 Å². The lowest BCUT2D eigenvalue weighted by Crippen LogP contribution is -2.46. The maximum atomic E-state index is 4.19. The molecular weight excluding hydrogens is 336 g/mol. The van der Waals surface area contributed by atoms with Crippen molar-refractivity contribution in [1.82, 2.24) is 12.3 Å². The summed E-state index contributed by atoms with van der Waals surface area (Å²) in [5.41, 5.74) is 0.461. The summed E-state index contributed by atoms with van der Waals surface area (Å²) in [6, 6.07) is 0. The molecule has 0 amide bonds. The van der Waals surface area contributed by atoms with Gasteiger partial charge >= 0.3 is 0 Å². The Labute approximate surface area is 168 Å². The number of thioether (sulfide) groups is 1. The lowest BCUT2D eigenvalue weighted by atomic mass is 9.63. The summed E-state index contributed by atoms with van der Waals surface area (Å²) in [6.07, 6.45) is 26.9. The van der Waals surface area contributed by atoms with Gasteiger partial charge in [-0.25, -0.2) is 0 Å². The molecule has 0 radical (unpaired) electrons. The van der Waals surface area contributed by atoms with Crippen LogP contribution in [0, 0.1) is 5.41 Å². The third-order valence-electron chi connectivity index (χ3n) is 6.64. The van der Waals surface area contributed by atoms with Crippen LogP contribution in [-0.4, -0.2) is 10.5 Å². The van der Waals surface area contributed by atoms with Crippen LogP contribution < -0.4 is 12.3 Å². The van der Waals surface area contributed by atoms with Gasteiger partial charge in [-0.15, -0.1) is 13.2 Å². The molecule has 0 spiro atoms. The van der Waals surface area contributed by atoms with Gasteiger partial charge < -0.3 is 12.3 Å². The molecule has 1 saturated heterocycles. The summed E-state index contributed by atoms with van der Waals surface area (Å²) in [4.78, 5) is 0. The van der Waals surface area contributed by atoms with E-state index in [-0.39, 0.29) is 12.3 Å². The largest absolute Gasteiger partial charge is 0.344 e. The number of allylic oxidation sites excluding steroid dienone is 2. The van der Waals surface area contributed by atoms with E-state index in [0.29, 0.717) is 10.2 Å². The Morgan fingerprint density at radius 3 is 1.62 bits per heavy atom. The first-order chi connectivity index (χ1) is 11.8. The molecule has 1 atom stereocenters. The van der Waals surface area contributed by atoms with Crippen molar-refractivity contribution < 1.29 is 0 Å². The molecule has 0 bridgehead atoms. The average Bonchev–Trinajstić information content (AvgIpc) is 2.77. The highest BCUT2D eigenvalue weighted by Crippen LogP contribution is 2.57. The number of hydrogen-bond acceptors (Lipinski definition) is 3. The van der Waals surface area contributed by atoms with Crippen molar-refractivity contribution in [3.63, 3.8) is 0 Å². The molecule has 0 aromatic carbocycles. The summed E-state index contributed by atoms with van der Waals surface area (Å²) >= 11 is 2.33. The first-order valence-corrected chi connectivity index (χ1v) is 11.6. The van der Waals surface area contributed by atoms with E-state index in [9.17, 15) is 0 Å². The van der Waals surface area contributed by atoms with Crippen molar-refractivity contribution in [3.8, 4) is 0 Å². The molecule has 6 N–H and O–H groups in total. The maximum absolute atomic E-state index is 4.19. The highest BCUT2D eigenvalue weighted by Gasteiger charge is 2.48. The maximum Gasteiger partial charge on any atom is 0.0253 e. The molecule has 1 unspecified atom stereocenters. The highest BCUT2D eigenvalue weighted by atomic mass is 32.2. The van der Waals surface area contributed by atoms with Crippen LogP contribution in [-0.2, 0) is 0 Å². The van der Waals surface area contributed by atoms with Crippen LogP contribution in [0.1, 0.15) is 103 Å². The van der Waals surface area contributed by atoms with Gasteiger partial charge in [0.15, 0.2) is 0 Å². The zero-order chi connectivity index (χ0) is 17.1. The van der Waals surface area contributed by atoms with Crippen LogP contribution >= 0.6 is 11.8 Å². The van der Waals surface area contributed by atoms with Crippen molar-refractivity contribution in [2.75, 3.05) is 5.75 Å². The second-order valence-electron chi connectivity index (χ2n) is 8.25. The van der Waals surface area contributed by atoms with Crippen LogP contribution in [0.2, 0.25) is 0 Å². The molecule has 0 aromatic heterocycles. The minimum atomic E-state index is 0. The van der Waals surface area contributed by atoms with Gasteiger partial charge in [0.25, 0.3) is 0 Å². The molecule has 2 rings (SSSR count). The molecule has 1 heterocycles. The summed E-state index contributed by atoms with van der Waals surface area (Å²) < 4.78 is 0.414. The number of rotatable bonds is 5. The fraction of sp³-hybridized carbons (Fsp3) is 0.826. The van der Waals surface area contributed by atoms with E-state index in [1.54, 1.807) is 0 Å². The Bertz CT molecular complexity index is 324. The van der Waals surface area contributed by atoms with Gasteiger partial charge in [0.05, 0.1) is 0 Å². The van der Waals surface area contributed by atoms with E-state index >= 15 is 0 Å². The van der Waals surface area contributed by atoms with E-state index in [2.05, 4.69) is 37.1 Å². The Hall–Kier alpha value is -0.250. The Morgan fingerprint density at radius 1 is 0.615 bits per heavy atom. The molecule has 2 fully saturated rings. The van der Waals surface area contributed by atoms with Crippen molar-refractivity contribution >= 4 is 11.8 Å². The van der Waals surface area contributed by atoms with Gasteiger partial charge in [0.1, 0.15) is 0 Å². The van der Waals surface area contributed by atoms with Gasteiger partial charge in [-0.1, -0.05) is 76.4 Å². The number of hydrogen-bond donors (Lipinski definition) is 2. The van der Waals surface area contributed by atoms with Crippen LogP contribution in [0.3, 0.4) is 0 Å². The summed E-state index contributed by atoms with van der Waals surface area (Å²) in [5, 5.41) is 0. The van der Waals surface area contributed by atoms with Crippen LogP contribution in [0.4, 0.5) is 0 Å². The van der Waals surface area contributed by atoms with Crippen LogP contribution in [0.25, 0.3) is 0 Å². The van der Waals surface area contributed by atoms with Gasteiger partial charge in [-0.2, -0.15) is 11.8 Å².